The monoisotopic (exact) mass is 262 g/mol. The van der Waals surface area contributed by atoms with Crippen molar-refractivity contribution in [2.24, 2.45) is 0 Å². The van der Waals surface area contributed by atoms with Crippen molar-refractivity contribution in [3.05, 3.63) is 29.8 Å². The number of carbonyl (C=O) groups excluding carboxylic acids is 1. The maximum Gasteiger partial charge on any atom is 0.222 e. The molecule has 1 heterocycles. The molecule has 0 aromatic heterocycles. The number of ether oxygens (including phenoxy) is 1. The molecule has 2 unspecified atom stereocenters. The molecule has 4 heteroatoms. The van der Waals surface area contributed by atoms with Crippen LogP contribution in [0.2, 0.25) is 0 Å². The van der Waals surface area contributed by atoms with Gasteiger partial charge in [-0.05, 0) is 31.0 Å². The minimum absolute atomic E-state index is 0.246. The van der Waals surface area contributed by atoms with Crippen molar-refractivity contribution < 1.29 is 9.53 Å². The summed E-state index contributed by atoms with van der Waals surface area (Å²) in [6, 6.07) is 8.76. The molecule has 0 radical (unpaired) electrons. The van der Waals surface area contributed by atoms with Crippen LogP contribution in [0.4, 0.5) is 0 Å². The van der Waals surface area contributed by atoms with Gasteiger partial charge in [0.15, 0.2) is 0 Å². The fourth-order valence-corrected chi connectivity index (χ4v) is 2.49. The summed E-state index contributed by atoms with van der Waals surface area (Å²) in [6.07, 6.45) is 1.56. The van der Waals surface area contributed by atoms with E-state index in [1.54, 1.807) is 7.11 Å². The van der Waals surface area contributed by atoms with Gasteiger partial charge in [-0.3, -0.25) is 4.79 Å². The molecule has 4 nitrogen and oxygen atoms in total. The predicted octanol–water partition coefficient (Wildman–Crippen LogP) is 1.97. The third-order valence-corrected chi connectivity index (χ3v) is 3.73. The first-order valence-electron chi connectivity index (χ1n) is 6.74. The lowest BCUT2D eigenvalue weighted by atomic mass is 10.0. The lowest BCUT2D eigenvalue weighted by Gasteiger charge is -2.32. The molecule has 104 valence electrons. The maximum atomic E-state index is 11.5. The molecule has 19 heavy (non-hydrogen) atoms. The van der Waals surface area contributed by atoms with Crippen molar-refractivity contribution in [2.75, 3.05) is 20.7 Å². The molecular weight excluding hydrogens is 240 g/mol. The van der Waals surface area contributed by atoms with E-state index in [4.69, 9.17) is 4.74 Å². The second-order valence-corrected chi connectivity index (χ2v) is 5.17. The number of rotatable bonds is 4. The zero-order valence-corrected chi connectivity index (χ0v) is 11.8. The highest BCUT2D eigenvalue weighted by molar-refractivity contribution is 5.76. The molecule has 1 aliphatic heterocycles. The van der Waals surface area contributed by atoms with Crippen LogP contribution in [-0.2, 0) is 4.79 Å². The molecule has 0 bridgehead atoms. The first-order chi connectivity index (χ1) is 9.10. The lowest BCUT2D eigenvalue weighted by Crippen LogP contribution is -2.47. The number of likely N-dealkylation sites (N-methyl/N-ethyl adjacent to an activating group) is 1. The number of nitrogens with one attached hydrogen (secondary N) is 1. The van der Waals surface area contributed by atoms with Crippen LogP contribution < -0.4 is 10.1 Å². The average molecular weight is 262 g/mol. The van der Waals surface area contributed by atoms with E-state index in [9.17, 15) is 4.79 Å². The first kappa shape index (κ1) is 13.9. The molecule has 0 spiro atoms. The maximum absolute atomic E-state index is 11.5. The van der Waals surface area contributed by atoms with E-state index >= 15 is 0 Å². The van der Waals surface area contributed by atoms with E-state index in [0.29, 0.717) is 12.5 Å². The minimum atomic E-state index is 0.246. The Kier molecular flexibility index (Phi) is 4.43. The second kappa shape index (κ2) is 6.06. The smallest absolute Gasteiger partial charge is 0.222 e. The molecule has 0 aliphatic carbocycles. The Morgan fingerprint density at radius 1 is 1.37 bits per heavy atom. The van der Waals surface area contributed by atoms with Crippen LogP contribution in [0.15, 0.2) is 24.3 Å². The molecule has 1 saturated heterocycles. The van der Waals surface area contributed by atoms with E-state index in [0.717, 1.165) is 18.7 Å². The zero-order valence-electron chi connectivity index (χ0n) is 11.8. The summed E-state index contributed by atoms with van der Waals surface area (Å²) >= 11 is 0. The SMILES string of the molecule is COc1ccc(C(C)NC2CCC(=O)N(C)C2)cc1. The number of hydrogen-bond donors (Lipinski definition) is 1. The molecule has 1 aromatic rings. The summed E-state index contributed by atoms with van der Waals surface area (Å²) in [7, 11) is 3.54. The van der Waals surface area contributed by atoms with Gasteiger partial charge in [0.1, 0.15) is 5.75 Å². The van der Waals surface area contributed by atoms with Gasteiger partial charge < -0.3 is 15.0 Å². The average Bonchev–Trinajstić information content (AvgIpc) is 2.43. The van der Waals surface area contributed by atoms with Crippen molar-refractivity contribution in [1.82, 2.24) is 10.2 Å². The largest absolute Gasteiger partial charge is 0.497 e. The van der Waals surface area contributed by atoms with E-state index in [2.05, 4.69) is 24.4 Å². The number of benzene rings is 1. The van der Waals surface area contributed by atoms with Gasteiger partial charge in [0.05, 0.1) is 7.11 Å². The number of nitrogens with zero attached hydrogens (tertiary/aromatic N) is 1. The van der Waals surface area contributed by atoms with Crippen LogP contribution in [0.25, 0.3) is 0 Å². The van der Waals surface area contributed by atoms with Crippen molar-refractivity contribution in [3.63, 3.8) is 0 Å². The Hall–Kier alpha value is -1.55. The van der Waals surface area contributed by atoms with Gasteiger partial charge in [0, 0.05) is 32.1 Å². The van der Waals surface area contributed by atoms with Crippen LogP contribution in [0.3, 0.4) is 0 Å². The van der Waals surface area contributed by atoms with Crippen molar-refractivity contribution in [3.8, 4) is 5.75 Å². The summed E-state index contributed by atoms with van der Waals surface area (Å²) < 4.78 is 5.16. The molecule has 1 fully saturated rings. The number of piperidine rings is 1. The van der Waals surface area contributed by atoms with E-state index in [1.165, 1.54) is 5.56 Å². The molecule has 0 saturated carbocycles. The zero-order chi connectivity index (χ0) is 13.8. The van der Waals surface area contributed by atoms with Gasteiger partial charge in [-0.2, -0.15) is 0 Å². The standard InChI is InChI=1S/C15H22N2O2/c1-11(12-4-7-14(19-3)8-5-12)16-13-6-9-15(18)17(2)10-13/h4-5,7-8,11,13,16H,6,9-10H2,1-3H3. The van der Waals surface area contributed by atoms with Crippen LogP contribution in [0.1, 0.15) is 31.4 Å². The van der Waals surface area contributed by atoms with Gasteiger partial charge in [0.25, 0.3) is 0 Å². The highest BCUT2D eigenvalue weighted by atomic mass is 16.5. The van der Waals surface area contributed by atoms with E-state index < -0.39 is 0 Å². The number of methoxy groups -OCH3 is 1. The molecule has 2 rings (SSSR count). The Balaban J connectivity index is 1.92. The number of hydrogen-bond acceptors (Lipinski definition) is 3. The van der Waals surface area contributed by atoms with Gasteiger partial charge in [-0.1, -0.05) is 12.1 Å². The quantitative estimate of drug-likeness (QED) is 0.902. The molecular formula is C15H22N2O2. The Morgan fingerprint density at radius 3 is 2.63 bits per heavy atom. The molecule has 1 aliphatic rings. The summed E-state index contributed by atoms with van der Waals surface area (Å²) in [5.74, 6) is 1.12. The van der Waals surface area contributed by atoms with Crippen LogP contribution in [-0.4, -0.2) is 37.6 Å². The van der Waals surface area contributed by atoms with Crippen molar-refractivity contribution >= 4 is 5.91 Å². The third-order valence-electron chi connectivity index (χ3n) is 3.73. The number of likely N-dealkylation sites (tertiary alicyclic amines) is 1. The lowest BCUT2D eigenvalue weighted by molar-refractivity contribution is -0.132. The van der Waals surface area contributed by atoms with E-state index in [1.807, 2.05) is 24.1 Å². The fraction of sp³-hybridized carbons (Fsp3) is 0.533. The van der Waals surface area contributed by atoms with Crippen LogP contribution in [0, 0.1) is 0 Å². The normalized spacial score (nSPS) is 21.3. The summed E-state index contributed by atoms with van der Waals surface area (Å²) in [6.45, 7) is 2.94. The van der Waals surface area contributed by atoms with E-state index in [-0.39, 0.29) is 11.9 Å². The first-order valence-corrected chi connectivity index (χ1v) is 6.74. The highest BCUT2D eigenvalue weighted by Crippen LogP contribution is 2.19. The second-order valence-electron chi connectivity index (χ2n) is 5.17. The van der Waals surface area contributed by atoms with Gasteiger partial charge in [-0.25, -0.2) is 0 Å². The summed E-state index contributed by atoms with van der Waals surface area (Å²) in [5.41, 5.74) is 1.24. The molecule has 1 amide bonds. The number of amides is 1. The fourth-order valence-electron chi connectivity index (χ4n) is 2.49. The predicted molar refractivity (Wildman–Crippen MR) is 75.2 cm³/mol. The summed E-state index contributed by atoms with van der Waals surface area (Å²) in [5, 5.41) is 3.59. The minimum Gasteiger partial charge on any atom is -0.497 e. The Bertz CT molecular complexity index is 430. The topological polar surface area (TPSA) is 41.6 Å². The van der Waals surface area contributed by atoms with Crippen molar-refractivity contribution in [1.29, 1.82) is 0 Å². The Labute approximate surface area is 114 Å². The highest BCUT2D eigenvalue weighted by Gasteiger charge is 2.23. The summed E-state index contributed by atoms with van der Waals surface area (Å²) in [4.78, 5) is 13.3. The third kappa shape index (κ3) is 3.47. The number of carbonyl (C=O) groups is 1. The van der Waals surface area contributed by atoms with Gasteiger partial charge in [-0.15, -0.1) is 0 Å². The van der Waals surface area contributed by atoms with Crippen molar-refractivity contribution in [2.45, 2.75) is 31.8 Å². The van der Waals surface area contributed by atoms with Gasteiger partial charge in [0.2, 0.25) is 5.91 Å². The van der Waals surface area contributed by atoms with Crippen LogP contribution >= 0.6 is 0 Å². The molecule has 2 atom stereocenters. The van der Waals surface area contributed by atoms with Gasteiger partial charge >= 0.3 is 0 Å². The van der Waals surface area contributed by atoms with Crippen LogP contribution in [0.5, 0.6) is 5.75 Å². The molecule has 1 aromatic carbocycles. The molecule has 1 N–H and O–H groups in total. The Morgan fingerprint density at radius 2 is 2.05 bits per heavy atom.